The molecule has 2 aromatic rings. The van der Waals surface area contributed by atoms with Crippen LogP contribution in [0.15, 0.2) is 34.9 Å². The van der Waals surface area contributed by atoms with Crippen LogP contribution < -0.4 is 4.74 Å². The lowest BCUT2D eigenvalue weighted by Gasteiger charge is -2.12. The molecule has 1 N–H and O–H groups in total. The molecule has 1 heterocycles. The van der Waals surface area contributed by atoms with Crippen molar-refractivity contribution in [1.29, 1.82) is 0 Å². The molecule has 0 aliphatic carbocycles. The van der Waals surface area contributed by atoms with E-state index < -0.39 is 6.10 Å². The van der Waals surface area contributed by atoms with E-state index >= 15 is 0 Å². The van der Waals surface area contributed by atoms with Crippen molar-refractivity contribution in [3.63, 3.8) is 0 Å². The number of hydrogen-bond acceptors (Lipinski definition) is 3. The van der Waals surface area contributed by atoms with Crippen LogP contribution in [0.4, 0.5) is 0 Å². The molecule has 0 amide bonds. The van der Waals surface area contributed by atoms with E-state index in [1.165, 1.54) is 0 Å². The van der Waals surface area contributed by atoms with Crippen LogP contribution in [-0.2, 0) is 0 Å². The molecule has 0 aliphatic heterocycles. The van der Waals surface area contributed by atoms with E-state index in [0.29, 0.717) is 22.1 Å². The van der Waals surface area contributed by atoms with Crippen LogP contribution in [0.1, 0.15) is 23.0 Å². The molecule has 2 rings (SSSR count). The van der Waals surface area contributed by atoms with E-state index in [0.717, 1.165) is 5.56 Å². The van der Waals surface area contributed by atoms with Crippen molar-refractivity contribution in [2.45, 2.75) is 13.0 Å². The number of rotatable bonds is 3. The molecule has 0 spiro atoms. The van der Waals surface area contributed by atoms with Gasteiger partial charge in [0.1, 0.15) is 17.6 Å². The molecule has 1 aromatic heterocycles. The van der Waals surface area contributed by atoms with Gasteiger partial charge in [0.2, 0.25) is 0 Å². The summed E-state index contributed by atoms with van der Waals surface area (Å²) in [6.45, 7) is 1.87. The third-order valence-electron chi connectivity index (χ3n) is 2.65. The fraction of sp³-hybridized carbons (Fsp3) is 0.231. The van der Waals surface area contributed by atoms with E-state index in [9.17, 15) is 5.11 Å². The Morgan fingerprint density at radius 3 is 2.65 bits per heavy atom. The molecule has 0 aliphatic rings. The summed E-state index contributed by atoms with van der Waals surface area (Å²) < 4.78 is 10.3. The molecule has 1 aromatic carbocycles. The summed E-state index contributed by atoms with van der Waals surface area (Å²) in [5, 5.41) is 10.6. The number of furan rings is 1. The van der Waals surface area contributed by atoms with Crippen LogP contribution in [0.5, 0.6) is 5.75 Å². The topological polar surface area (TPSA) is 42.6 Å². The molecule has 0 saturated carbocycles. The minimum absolute atomic E-state index is 0.452. The second kappa shape index (κ2) is 4.82. The SMILES string of the molecule is COc1ccc(C(O)c2occc2C)c(Cl)c1. The summed E-state index contributed by atoms with van der Waals surface area (Å²) in [5.41, 5.74) is 1.50. The summed E-state index contributed by atoms with van der Waals surface area (Å²) in [6, 6.07) is 6.95. The van der Waals surface area contributed by atoms with Gasteiger partial charge in [0.15, 0.2) is 0 Å². The third kappa shape index (κ3) is 2.30. The summed E-state index contributed by atoms with van der Waals surface area (Å²) >= 11 is 6.09. The maximum atomic E-state index is 10.2. The summed E-state index contributed by atoms with van der Waals surface area (Å²) in [7, 11) is 1.57. The van der Waals surface area contributed by atoms with Gasteiger partial charge in [-0.15, -0.1) is 0 Å². The monoisotopic (exact) mass is 252 g/mol. The third-order valence-corrected chi connectivity index (χ3v) is 2.98. The van der Waals surface area contributed by atoms with Gasteiger partial charge in [-0.25, -0.2) is 0 Å². The van der Waals surface area contributed by atoms with E-state index in [2.05, 4.69) is 0 Å². The zero-order valence-corrected chi connectivity index (χ0v) is 10.4. The number of halogens is 1. The summed E-state index contributed by atoms with van der Waals surface area (Å²) in [5.74, 6) is 1.17. The predicted octanol–water partition coefficient (Wildman–Crippen LogP) is 3.33. The Morgan fingerprint density at radius 1 is 1.35 bits per heavy atom. The number of hydrogen-bond donors (Lipinski definition) is 1. The lowest BCUT2D eigenvalue weighted by atomic mass is 10.0. The first-order valence-electron chi connectivity index (χ1n) is 5.19. The molecule has 0 bridgehead atoms. The smallest absolute Gasteiger partial charge is 0.139 e. The largest absolute Gasteiger partial charge is 0.497 e. The van der Waals surface area contributed by atoms with Gasteiger partial charge in [0, 0.05) is 5.56 Å². The number of aliphatic hydroxyl groups is 1. The second-order valence-electron chi connectivity index (χ2n) is 3.76. The van der Waals surface area contributed by atoms with Crippen molar-refractivity contribution >= 4 is 11.6 Å². The quantitative estimate of drug-likeness (QED) is 0.911. The first kappa shape index (κ1) is 12.0. The van der Waals surface area contributed by atoms with Crippen LogP contribution in [0.25, 0.3) is 0 Å². The van der Waals surface area contributed by atoms with Crippen LogP contribution in [-0.4, -0.2) is 12.2 Å². The summed E-state index contributed by atoms with van der Waals surface area (Å²) in [4.78, 5) is 0. The highest BCUT2D eigenvalue weighted by molar-refractivity contribution is 6.31. The number of aliphatic hydroxyl groups excluding tert-OH is 1. The average Bonchev–Trinajstić information content (AvgIpc) is 2.74. The fourth-order valence-electron chi connectivity index (χ4n) is 1.66. The Kier molecular flexibility index (Phi) is 3.41. The molecular weight excluding hydrogens is 240 g/mol. The molecule has 0 fully saturated rings. The number of benzene rings is 1. The first-order valence-corrected chi connectivity index (χ1v) is 5.56. The fourth-order valence-corrected chi connectivity index (χ4v) is 1.94. The normalized spacial score (nSPS) is 12.5. The number of aryl methyl sites for hydroxylation is 1. The molecule has 17 heavy (non-hydrogen) atoms. The molecule has 1 unspecified atom stereocenters. The van der Waals surface area contributed by atoms with Gasteiger partial charge in [-0.1, -0.05) is 17.7 Å². The number of methoxy groups -OCH3 is 1. The van der Waals surface area contributed by atoms with Crippen LogP contribution in [0.3, 0.4) is 0 Å². The number of ether oxygens (including phenoxy) is 1. The minimum atomic E-state index is -0.858. The Hall–Kier alpha value is -1.45. The maximum Gasteiger partial charge on any atom is 0.139 e. The molecule has 90 valence electrons. The van der Waals surface area contributed by atoms with Crippen molar-refractivity contribution in [3.05, 3.63) is 52.4 Å². The Morgan fingerprint density at radius 2 is 2.12 bits per heavy atom. The van der Waals surface area contributed by atoms with Gasteiger partial charge >= 0.3 is 0 Å². The standard InChI is InChI=1S/C13H13ClO3/c1-8-5-6-17-13(8)12(15)10-4-3-9(16-2)7-11(10)14/h3-7,12,15H,1-2H3. The zero-order valence-electron chi connectivity index (χ0n) is 9.61. The van der Waals surface area contributed by atoms with Crippen molar-refractivity contribution in [2.75, 3.05) is 7.11 Å². The highest BCUT2D eigenvalue weighted by Gasteiger charge is 2.19. The van der Waals surface area contributed by atoms with Crippen molar-refractivity contribution in [3.8, 4) is 5.75 Å². The zero-order chi connectivity index (χ0) is 12.4. The van der Waals surface area contributed by atoms with Crippen molar-refractivity contribution in [1.82, 2.24) is 0 Å². The molecule has 4 heteroatoms. The van der Waals surface area contributed by atoms with Crippen LogP contribution >= 0.6 is 11.6 Å². The van der Waals surface area contributed by atoms with E-state index in [1.54, 1.807) is 37.6 Å². The lowest BCUT2D eigenvalue weighted by molar-refractivity contribution is 0.188. The van der Waals surface area contributed by atoms with Gasteiger partial charge in [0.25, 0.3) is 0 Å². The van der Waals surface area contributed by atoms with Crippen molar-refractivity contribution in [2.24, 2.45) is 0 Å². The molecule has 3 nitrogen and oxygen atoms in total. The molecule has 0 saturated heterocycles. The highest BCUT2D eigenvalue weighted by Crippen LogP contribution is 2.32. The van der Waals surface area contributed by atoms with Gasteiger partial charge in [-0.05, 0) is 30.7 Å². The van der Waals surface area contributed by atoms with Crippen LogP contribution in [0, 0.1) is 6.92 Å². The first-order chi connectivity index (χ1) is 8.13. The maximum absolute atomic E-state index is 10.2. The van der Waals surface area contributed by atoms with E-state index in [1.807, 2.05) is 6.92 Å². The van der Waals surface area contributed by atoms with Crippen LogP contribution in [0.2, 0.25) is 5.02 Å². The van der Waals surface area contributed by atoms with Gasteiger partial charge in [0.05, 0.1) is 18.4 Å². The van der Waals surface area contributed by atoms with Crippen molar-refractivity contribution < 1.29 is 14.3 Å². The predicted molar refractivity (Wildman–Crippen MR) is 65.5 cm³/mol. The second-order valence-corrected chi connectivity index (χ2v) is 4.17. The minimum Gasteiger partial charge on any atom is -0.497 e. The van der Waals surface area contributed by atoms with E-state index in [-0.39, 0.29) is 0 Å². The van der Waals surface area contributed by atoms with E-state index in [4.69, 9.17) is 20.8 Å². The Bertz CT molecular complexity index is 519. The average molecular weight is 253 g/mol. The molecular formula is C13H13ClO3. The van der Waals surface area contributed by atoms with Gasteiger partial charge in [-0.2, -0.15) is 0 Å². The van der Waals surface area contributed by atoms with Gasteiger partial charge in [-0.3, -0.25) is 0 Å². The Labute approximate surface area is 105 Å². The molecule has 1 atom stereocenters. The van der Waals surface area contributed by atoms with Gasteiger partial charge < -0.3 is 14.3 Å². The highest BCUT2D eigenvalue weighted by atomic mass is 35.5. The molecule has 0 radical (unpaired) electrons. The Balaban J connectivity index is 2.38. The summed E-state index contributed by atoms with van der Waals surface area (Å²) in [6.07, 6.45) is 0.689. The lowest BCUT2D eigenvalue weighted by Crippen LogP contribution is -2.01.